The summed E-state index contributed by atoms with van der Waals surface area (Å²) < 4.78 is 5.24. The topological polar surface area (TPSA) is 47.0 Å². The molecule has 3 aromatic rings. The number of methoxy groups -OCH3 is 1. The number of ether oxygens (including phenoxy) is 1. The highest BCUT2D eigenvalue weighted by Gasteiger charge is 2.11. The monoisotopic (exact) mass is 299 g/mol. The summed E-state index contributed by atoms with van der Waals surface area (Å²) >= 11 is 1.59. The molecule has 2 aromatic heterocycles. The molecule has 108 valence electrons. The number of anilines is 1. The molecule has 1 aromatic carbocycles. The van der Waals surface area contributed by atoms with Crippen LogP contribution in [0.4, 0.5) is 5.82 Å². The van der Waals surface area contributed by atoms with Crippen LogP contribution < -0.4 is 10.1 Å². The first-order valence-corrected chi connectivity index (χ1v) is 7.83. The number of fused-ring (bicyclic) bond motifs is 1. The zero-order valence-electron chi connectivity index (χ0n) is 12.1. The van der Waals surface area contributed by atoms with Gasteiger partial charge in [0.05, 0.1) is 17.5 Å². The van der Waals surface area contributed by atoms with Crippen LogP contribution in [0.15, 0.2) is 35.7 Å². The van der Waals surface area contributed by atoms with Crippen molar-refractivity contribution in [3.8, 4) is 16.5 Å². The van der Waals surface area contributed by atoms with E-state index in [4.69, 9.17) is 4.74 Å². The Kier molecular flexibility index (Phi) is 4.01. The van der Waals surface area contributed by atoms with E-state index < -0.39 is 0 Å². The Bertz CT molecular complexity index is 754. The van der Waals surface area contributed by atoms with Crippen molar-refractivity contribution in [2.45, 2.75) is 13.3 Å². The van der Waals surface area contributed by atoms with Gasteiger partial charge in [-0.25, -0.2) is 9.97 Å². The summed E-state index contributed by atoms with van der Waals surface area (Å²) in [5.74, 6) is 2.47. The number of hydrogen-bond donors (Lipinski definition) is 1. The van der Waals surface area contributed by atoms with Crippen LogP contribution in [-0.4, -0.2) is 23.6 Å². The number of rotatable bonds is 5. The average Bonchev–Trinajstić information content (AvgIpc) is 3.01. The van der Waals surface area contributed by atoms with Gasteiger partial charge in [-0.3, -0.25) is 0 Å². The van der Waals surface area contributed by atoms with Crippen LogP contribution in [0.1, 0.15) is 13.3 Å². The first-order chi connectivity index (χ1) is 10.3. The van der Waals surface area contributed by atoms with E-state index in [0.717, 1.165) is 46.1 Å². The molecule has 0 atom stereocenters. The smallest absolute Gasteiger partial charge is 0.172 e. The van der Waals surface area contributed by atoms with Gasteiger partial charge in [0.25, 0.3) is 0 Å². The molecule has 4 nitrogen and oxygen atoms in total. The van der Waals surface area contributed by atoms with E-state index in [9.17, 15) is 0 Å². The van der Waals surface area contributed by atoms with Gasteiger partial charge in [0.2, 0.25) is 0 Å². The molecule has 2 heterocycles. The molecule has 0 amide bonds. The molecule has 0 saturated carbocycles. The number of hydrogen-bond acceptors (Lipinski definition) is 5. The number of nitrogens with zero attached hydrogens (tertiary/aromatic N) is 2. The zero-order chi connectivity index (χ0) is 14.7. The first-order valence-electron chi connectivity index (χ1n) is 6.95. The second-order valence-corrected chi connectivity index (χ2v) is 5.60. The fourth-order valence-electron chi connectivity index (χ4n) is 2.11. The number of para-hydroxylation sites is 1. The summed E-state index contributed by atoms with van der Waals surface area (Å²) in [5, 5.41) is 6.41. The fourth-order valence-corrected chi connectivity index (χ4v) is 2.90. The van der Waals surface area contributed by atoms with Crippen LogP contribution in [0.2, 0.25) is 0 Å². The fraction of sp³-hybridized carbons (Fsp3) is 0.250. The molecule has 0 spiro atoms. The van der Waals surface area contributed by atoms with Crippen LogP contribution in [0.3, 0.4) is 0 Å². The summed E-state index contributed by atoms with van der Waals surface area (Å²) in [4.78, 5) is 10.4. The first kappa shape index (κ1) is 13.8. The lowest BCUT2D eigenvalue weighted by Gasteiger charge is -2.09. The Labute approximate surface area is 127 Å². The summed E-state index contributed by atoms with van der Waals surface area (Å²) in [6.45, 7) is 3.04. The van der Waals surface area contributed by atoms with Gasteiger partial charge >= 0.3 is 0 Å². The van der Waals surface area contributed by atoms with Crippen molar-refractivity contribution in [2.75, 3.05) is 19.0 Å². The van der Waals surface area contributed by atoms with Gasteiger partial charge < -0.3 is 10.1 Å². The molecule has 0 aliphatic carbocycles. The molecule has 3 rings (SSSR count). The SMILES string of the molecule is CCCNc1nc(-c2cc(OC)cs2)nc2ccccc12. The lowest BCUT2D eigenvalue weighted by Crippen LogP contribution is -2.04. The van der Waals surface area contributed by atoms with Crippen molar-refractivity contribution >= 4 is 28.1 Å². The molecule has 0 aliphatic heterocycles. The molecule has 21 heavy (non-hydrogen) atoms. The molecule has 0 unspecified atom stereocenters. The van der Waals surface area contributed by atoms with Crippen LogP contribution >= 0.6 is 11.3 Å². The van der Waals surface area contributed by atoms with Gasteiger partial charge in [0.15, 0.2) is 5.82 Å². The second-order valence-electron chi connectivity index (χ2n) is 4.69. The minimum atomic E-state index is 0.737. The van der Waals surface area contributed by atoms with Crippen molar-refractivity contribution in [1.82, 2.24) is 9.97 Å². The van der Waals surface area contributed by atoms with Crippen molar-refractivity contribution in [3.05, 3.63) is 35.7 Å². The largest absolute Gasteiger partial charge is 0.496 e. The maximum Gasteiger partial charge on any atom is 0.172 e. The molecule has 0 aliphatic rings. The Balaban J connectivity index is 2.10. The van der Waals surface area contributed by atoms with E-state index >= 15 is 0 Å². The summed E-state index contributed by atoms with van der Waals surface area (Å²) in [6, 6.07) is 10.0. The third-order valence-electron chi connectivity index (χ3n) is 3.18. The van der Waals surface area contributed by atoms with Crippen LogP contribution in [0.25, 0.3) is 21.6 Å². The maximum atomic E-state index is 5.24. The van der Waals surface area contributed by atoms with Gasteiger partial charge in [-0.15, -0.1) is 11.3 Å². The molecular formula is C16H17N3OS. The van der Waals surface area contributed by atoms with Crippen molar-refractivity contribution < 1.29 is 4.74 Å². The third kappa shape index (κ3) is 2.83. The standard InChI is InChI=1S/C16H17N3OS/c1-3-8-17-15-12-6-4-5-7-13(12)18-16(19-15)14-9-11(20-2)10-21-14/h4-7,9-10H,3,8H2,1-2H3,(H,17,18,19). The molecule has 5 heteroatoms. The van der Waals surface area contributed by atoms with E-state index in [1.165, 1.54) is 0 Å². The average molecular weight is 299 g/mol. The number of benzene rings is 1. The van der Waals surface area contributed by atoms with E-state index in [-0.39, 0.29) is 0 Å². The minimum Gasteiger partial charge on any atom is -0.496 e. The van der Waals surface area contributed by atoms with Gasteiger partial charge in [-0.1, -0.05) is 19.1 Å². The van der Waals surface area contributed by atoms with Crippen molar-refractivity contribution in [3.63, 3.8) is 0 Å². The number of thiophene rings is 1. The molecule has 0 bridgehead atoms. The highest BCUT2D eigenvalue weighted by molar-refractivity contribution is 7.13. The van der Waals surface area contributed by atoms with E-state index in [2.05, 4.69) is 22.2 Å². The number of aromatic nitrogens is 2. The molecule has 0 radical (unpaired) electrons. The maximum absolute atomic E-state index is 5.24. The Morgan fingerprint density at radius 1 is 1.24 bits per heavy atom. The minimum absolute atomic E-state index is 0.737. The summed E-state index contributed by atoms with van der Waals surface area (Å²) in [7, 11) is 1.67. The second kappa shape index (κ2) is 6.10. The van der Waals surface area contributed by atoms with Gasteiger partial charge in [0.1, 0.15) is 11.6 Å². The van der Waals surface area contributed by atoms with Gasteiger partial charge in [-0.2, -0.15) is 0 Å². The highest BCUT2D eigenvalue weighted by Crippen LogP contribution is 2.31. The molecule has 0 saturated heterocycles. The lowest BCUT2D eigenvalue weighted by molar-refractivity contribution is 0.417. The Hall–Kier alpha value is -2.14. The van der Waals surface area contributed by atoms with E-state index in [1.807, 2.05) is 35.7 Å². The van der Waals surface area contributed by atoms with Crippen LogP contribution in [-0.2, 0) is 0 Å². The Morgan fingerprint density at radius 2 is 2.10 bits per heavy atom. The van der Waals surface area contributed by atoms with Gasteiger partial charge in [0, 0.05) is 23.4 Å². The summed E-state index contributed by atoms with van der Waals surface area (Å²) in [5.41, 5.74) is 0.952. The van der Waals surface area contributed by atoms with Crippen LogP contribution in [0.5, 0.6) is 5.75 Å². The third-order valence-corrected chi connectivity index (χ3v) is 4.08. The predicted octanol–water partition coefficient (Wildman–Crippen LogP) is 4.19. The zero-order valence-corrected chi connectivity index (χ0v) is 12.9. The van der Waals surface area contributed by atoms with E-state index in [0.29, 0.717) is 0 Å². The molecular weight excluding hydrogens is 282 g/mol. The van der Waals surface area contributed by atoms with Crippen LogP contribution in [0, 0.1) is 0 Å². The molecule has 0 fully saturated rings. The highest BCUT2D eigenvalue weighted by atomic mass is 32.1. The summed E-state index contributed by atoms with van der Waals surface area (Å²) in [6.07, 6.45) is 1.06. The van der Waals surface area contributed by atoms with E-state index in [1.54, 1.807) is 18.4 Å². The normalized spacial score (nSPS) is 10.8. The van der Waals surface area contributed by atoms with Gasteiger partial charge in [-0.05, 0) is 18.6 Å². The number of nitrogens with one attached hydrogen (secondary N) is 1. The lowest BCUT2D eigenvalue weighted by atomic mass is 10.2. The van der Waals surface area contributed by atoms with Crippen molar-refractivity contribution in [1.29, 1.82) is 0 Å². The van der Waals surface area contributed by atoms with Crippen molar-refractivity contribution in [2.24, 2.45) is 0 Å². The Morgan fingerprint density at radius 3 is 2.86 bits per heavy atom. The quantitative estimate of drug-likeness (QED) is 0.767. The predicted molar refractivity (Wildman–Crippen MR) is 88.2 cm³/mol. The molecule has 1 N–H and O–H groups in total.